The van der Waals surface area contributed by atoms with E-state index < -0.39 is 0 Å². The fourth-order valence-corrected chi connectivity index (χ4v) is 3.48. The molecule has 158 valence electrons. The molecule has 1 atom stereocenters. The summed E-state index contributed by atoms with van der Waals surface area (Å²) in [5.41, 5.74) is 2.31. The standard InChI is InChI=1S/C23H34N4O2/c1-6-27(7-2)20(18-12-9-8-10-13-18)17-26-23(24-3)25-16-19-14-11-15-21(28-4)22(19)29-5/h8-15,20H,6-7,16-17H2,1-5H3,(H2,24,25,26). The van der Waals surface area contributed by atoms with E-state index in [1.54, 1.807) is 21.3 Å². The maximum absolute atomic E-state index is 5.52. The molecular weight excluding hydrogens is 364 g/mol. The van der Waals surface area contributed by atoms with Crippen LogP contribution >= 0.6 is 0 Å². The maximum Gasteiger partial charge on any atom is 0.191 e. The first-order chi connectivity index (χ1) is 14.2. The molecule has 0 bridgehead atoms. The summed E-state index contributed by atoms with van der Waals surface area (Å²) < 4.78 is 10.9. The average Bonchev–Trinajstić information content (AvgIpc) is 2.78. The molecular formula is C23H34N4O2. The van der Waals surface area contributed by atoms with Gasteiger partial charge >= 0.3 is 0 Å². The average molecular weight is 399 g/mol. The van der Waals surface area contributed by atoms with E-state index in [1.807, 2.05) is 18.2 Å². The van der Waals surface area contributed by atoms with Gasteiger partial charge in [0, 0.05) is 25.7 Å². The van der Waals surface area contributed by atoms with Crippen LogP contribution in [-0.2, 0) is 6.54 Å². The molecule has 0 saturated carbocycles. The maximum atomic E-state index is 5.52. The van der Waals surface area contributed by atoms with Gasteiger partial charge in [-0.25, -0.2) is 0 Å². The number of nitrogens with one attached hydrogen (secondary N) is 2. The normalized spacial score (nSPS) is 12.6. The lowest BCUT2D eigenvalue weighted by molar-refractivity contribution is 0.219. The molecule has 0 aromatic heterocycles. The second-order valence-corrected chi connectivity index (χ2v) is 6.61. The minimum absolute atomic E-state index is 0.274. The Morgan fingerprint density at radius 1 is 0.966 bits per heavy atom. The van der Waals surface area contributed by atoms with Crippen LogP contribution < -0.4 is 20.1 Å². The van der Waals surface area contributed by atoms with Crippen LogP contribution in [-0.4, -0.2) is 51.8 Å². The molecule has 0 aliphatic heterocycles. The van der Waals surface area contributed by atoms with Gasteiger partial charge in [-0.2, -0.15) is 0 Å². The van der Waals surface area contributed by atoms with Gasteiger partial charge in [0.2, 0.25) is 0 Å². The number of ether oxygens (including phenoxy) is 2. The summed E-state index contributed by atoms with van der Waals surface area (Å²) in [5, 5.41) is 6.86. The van der Waals surface area contributed by atoms with Crippen molar-refractivity contribution in [3.8, 4) is 11.5 Å². The number of aliphatic imine (C=N–C) groups is 1. The Morgan fingerprint density at radius 2 is 1.69 bits per heavy atom. The van der Waals surface area contributed by atoms with Gasteiger partial charge in [-0.05, 0) is 24.7 Å². The lowest BCUT2D eigenvalue weighted by atomic mass is 10.1. The Hall–Kier alpha value is -2.73. The molecule has 2 aromatic carbocycles. The van der Waals surface area contributed by atoms with Crippen molar-refractivity contribution < 1.29 is 9.47 Å². The first-order valence-corrected chi connectivity index (χ1v) is 10.1. The van der Waals surface area contributed by atoms with Gasteiger partial charge in [-0.15, -0.1) is 0 Å². The molecule has 2 aromatic rings. The largest absolute Gasteiger partial charge is 0.493 e. The van der Waals surface area contributed by atoms with E-state index in [9.17, 15) is 0 Å². The van der Waals surface area contributed by atoms with Crippen molar-refractivity contribution in [3.63, 3.8) is 0 Å². The van der Waals surface area contributed by atoms with E-state index in [2.05, 4.69) is 64.7 Å². The van der Waals surface area contributed by atoms with E-state index >= 15 is 0 Å². The third kappa shape index (κ3) is 6.12. The molecule has 6 nitrogen and oxygen atoms in total. The van der Waals surface area contributed by atoms with Gasteiger partial charge in [0.25, 0.3) is 0 Å². The highest BCUT2D eigenvalue weighted by atomic mass is 16.5. The monoisotopic (exact) mass is 398 g/mol. The quantitative estimate of drug-likeness (QED) is 0.474. The van der Waals surface area contributed by atoms with Crippen LogP contribution in [0.4, 0.5) is 0 Å². The Labute approximate surface area is 174 Å². The lowest BCUT2D eigenvalue weighted by Crippen LogP contribution is -2.43. The molecule has 0 fully saturated rings. The number of benzene rings is 2. The van der Waals surface area contributed by atoms with Crippen LogP contribution in [0.25, 0.3) is 0 Å². The van der Waals surface area contributed by atoms with Crippen LogP contribution in [0.3, 0.4) is 0 Å². The Balaban J connectivity index is 2.05. The van der Waals surface area contributed by atoms with E-state index in [0.717, 1.165) is 42.7 Å². The Bertz CT molecular complexity index is 761. The minimum Gasteiger partial charge on any atom is -0.493 e. The first kappa shape index (κ1) is 22.6. The molecule has 0 amide bonds. The molecule has 0 aliphatic carbocycles. The number of methoxy groups -OCH3 is 2. The lowest BCUT2D eigenvalue weighted by Gasteiger charge is -2.30. The summed E-state index contributed by atoms with van der Waals surface area (Å²) in [6.07, 6.45) is 0. The molecule has 0 saturated heterocycles. The molecule has 0 spiro atoms. The fourth-order valence-electron chi connectivity index (χ4n) is 3.48. The van der Waals surface area contributed by atoms with Gasteiger partial charge < -0.3 is 20.1 Å². The molecule has 6 heteroatoms. The Morgan fingerprint density at radius 3 is 2.28 bits per heavy atom. The van der Waals surface area contributed by atoms with Crippen molar-refractivity contribution in [1.29, 1.82) is 0 Å². The van der Waals surface area contributed by atoms with E-state index in [0.29, 0.717) is 6.54 Å². The number of likely N-dealkylation sites (N-methyl/N-ethyl adjacent to an activating group) is 1. The predicted octanol–water partition coefficient (Wildman–Crippen LogP) is 3.45. The smallest absolute Gasteiger partial charge is 0.191 e. The highest BCUT2D eigenvalue weighted by Gasteiger charge is 2.18. The Kier molecular flexibility index (Phi) is 9.31. The van der Waals surface area contributed by atoms with E-state index in [1.165, 1.54) is 5.56 Å². The highest BCUT2D eigenvalue weighted by molar-refractivity contribution is 5.79. The second kappa shape index (κ2) is 12.0. The third-order valence-electron chi connectivity index (χ3n) is 5.05. The van der Waals surface area contributed by atoms with Crippen molar-refractivity contribution in [2.45, 2.75) is 26.4 Å². The topological polar surface area (TPSA) is 58.1 Å². The second-order valence-electron chi connectivity index (χ2n) is 6.61. The van der Waals surface area contributed by atoms with Crippen LogP contribution in [0, 0.1) is 0 Å². The van der Waals surface area contributed by atoms with Crippen molar-refractivity contribution in [3.05, 3.63) is 59.7 Å². The first-order valence-electron chi connectivity index (χ1n) is 10.1. The number of nitrogens with zero attached hydrogens (tertiary/aromatic N) is 2. The van der Waals surface area contributed by atoms with Gasteiger partial charge in [-0.3, -0.25) is 9.89 Å². The van der Waals surface area contributed by atoms with Gasteiger partial charge in [-0.1, -0.05) is 56.3 Å². The van der Waals surface area contributed by atoms with Crippen LogP contribution in [0.15, 0.2) is 53.5 Å². The van der Waals surface area contributed by atoms with Crippen LogP contribution in [0.5, 0.6) is 11.5 Å². The molecule has 1 unspecified atom stereocenters. The summed E-state index contributed by atoms with van der Waals surface area (Å²) in [7, 11) is 5.09. The van der Waals surface area contributed by atoms with E-state index in [-0.39, 0.29) is 6.04 Å². The molecule has 0 radical (unpaired) electrons. The summed E-state index contributed by atoms with van der Waals surface area (Å²) in [6, 6.07) is 16.7. The number of rotatable bonds is 10. The summed E-state index contributed by atoms with van der Waals surface area (Å²) in [4.78, 5) is 6.83. The van der Waals surface area contributed by atoms with Crippen molar-refractivity contribution in [2.24, 2.45) is 4.99 Å². The zero-order valence-corrected chi connectivity index (χ0v) is 18.2. The highest BCUT2D eigenvalue weighted by Crippen LogP contribution is 2.30. The van der Waals surface area contributed by atoms with E-state index in [4.69, 9.17) is 9.47 Å². The van der Waals surface area contributed by atoms with Gasteiger partial charge in [0.05, 0.1) is 20.3 Å². The predicted molar refractivity (Wildman–Crippen MR) is 120 cm³/mol. The summed E-state index contributed by atoms with van der Waals surface area (Å²) in [6.45, 7) is 7.72. The van der Waals surface area contributed by atoms with Crippen molar-refractivity contribution in [2.75, 3.05) is 40.9 Å². The van der Waals surface area contributed by atoms with Gasteiger partial charge in [0.1, 0.15) is 0 Å². The molecule has 2 rings (SSSR count). The number of hydrogen-bond acceptors (Lipinski definition) is 4. The van der Waals surface area contributed by atoms with Gasteiger partial charge in [0.15, 0.2) is 17.5 Å². The number of hydrogen-bond donors (Lipinski definition) is 2. The van der Waals surface area contributed by atoms with Crippen molar-refractivity contribution >= 4 is 5.96 Å². The third-order valence-corrected chi connectivity index (χ3v) is 5.05. The SMILES string of the molecule is CCN(CC)C(CNC(=NC)NCc1cccc(OC)c1OC)c1ccccc1. The molecule has 29 heavy (non-hydrogen) atoms. The van der Waals surface area contributed by atoms with Crippen LogP contribution in [0.2, 0.25) is 0 Å². The number of para-hydroxylation sites is 1. The minimum atomic E-state index is 0.274. The molecule has 2 N–H and O–H groups in total. The molecule has 0 heterocycles. The summed E-state index contributed by atoms with van der Waals surface area (Å²) in [5.74, 6) is 2.21. The number of guanidine groups is 1. The fraction of sp³-hybridized carbons (Fsp3) is 0.435. The zero-order valence-electron chi connectivity index (χ0n) is 18.2. The molecule has 0 aliphatic rings. The van der Waals surface area contributed by atoms with Crippen LogP contribution in [0.1, 0.15) is 31.0 Å². The van der Waals surface area contributed by atoms with Crippen molar-refractivity contribution in [1.82, 2.24) is 15.5 Å². The zero-order chi connectivity index (χ0) is 21.1. The summed E-state index contributed by atoms with van der Waals surface area (Å²) >= 11 is 0.